The Morgan fingerprint density at radius 3 is 2.71 bits per heavy atom. The third kappa shape index (κ3) is 1.52. The highest BCUT2D eigenvalue weighted by Crippen LogP contribution is 2.27. The molecule has 1 aromatic heterocycles. The van der Waals surface area contributed by atoms with E-state index < -0.39 is 5.56 Å². The monoisotopic (exact) mass is 413 g/mol. The number of hydrogen-bond donors (Lipinski definition) is 2. The number of rotatable bonds is 0. The van der Waals surface area contributed by atoms with E-state index in [0.717, 1.165) is 14.5 Å². The number of benzene rings is 1. The van der Waals surface area contributed by atoms with Crippen molar-refractivity contribution in [2.45, 2.75) is 0 Å². The van der Waals surface area contributed by atoms with Crippen LogP contribution in [0.2, 0.25) is 0 Å². The summed E-state index contributed by atoms with van der Waals surface area (Å²) in [6, 6.07) is 5.62. The molecule has 0 radical (unpaired) electrons. The third-order valence-electron chi connectivity index (χ3n) is 1.90. The summed E-state index contributed by atoms with van der Waals surface area (Å²) < 4.78 is 1.61. The highest BCUT2D eigenvalue weighted by molar-refractivity contribution is 14.1. The average Bonchev–Trinajstić information content (AvgIpc) is 2.14. The average molecular weight is 413 g/mol. The van der Waals surface area contributed by atoms with Crippen molar-refractivity contribution in [2.75, 3.05) is 0 Å². The molecule has 5 heteroatoms. The van der Waals surface area contributed by atoms with Gasteiger partial charge in [0.25, 0.3) is 5.56 Å². The lowest BCUT2D eigenvalue weighted by Crippen LogP contribution is -2.07. The molecule has 0 atom stereocenters. The zero-order chi connectivity index (χ0) is 10.3. The van der Waals surface area contributed by atoms with E-state index in [1.807, 2.05) is 40.8 Å². The molecule has 3 nitrogen and oxygen atoms in total. The lowest BCUT2D eigenvalue weighted by Gasteiger charge is -2.04. The van der Waals surface area contributed by atoms with Gasteiger partial charge in [-0.2, -0.15) is 0 Å². The molecule has 0 fully saturated rings. The number of fused-ring (bicyclic) bond motifs is 1. The molecule has 0 bridgehead atoms. The Labute approximate surface area is 107 Å². The Kier molecular flexibility index (Phi) is 2.69. The van der Waals surface area contributed by atoms with Crippen LogP contribution < -0.4 is 5.56 Å². The first kappa shape index (κ1) is 10.2. The number of hydrogen-bond acceptors (Lipinski definition) is 2. The van der Waals surface area contributed by atoms with E-state index in [0.29, 0.717) is 3.57 Å². The van der Waals surface area contributed by atoms with Crippen LogP contribution in [0.4, 0.5) is 0 Å². The number of H-pyrrole nitrogens is 1. The molecule has 0 saturated heterocycles. The number of aromatic nitrogens is 1. The minimum absolute atomic E-state index is 0.206. The van der Waals surface area contributed by atoms with Gasteiger partial charge in [-0.25, -0.2) is 0 Å². The molecule has 1 aromatic carbocycles. The van der Waals surface area contributed by atoms with Gasteiger partial charge in [-0.15, -0.1) is 0 Å². The van der Waals surface area contributed by atoms with Crippen LogP contribution in [0.25, 0.3) is 10.9 Å². The largest absolute Gasteiger partial charge is 0.502 e. The molecular formula is C9H5I2NO2. The maximum absolute atomic E-state index is 11.3. The van der Waals surface area contributed by atoms with Crippen LogP contribution in [-0.4, -0.2) is 10.1 Å². The quantitative estimate of drug-likeness (QED) is 0.653. The van der Waals surface area contributed by atoms with E-state index in [4.69, 9.17) is 0 Å². The molecule has 2 N–H and O–H groups in total. The SMILES string of the molecule is O=c1[nH]c2cccc(I)c2c(I)c1O. The Balaban J connectivity index is 3.07. The maximum Gasteiger partial charge on any atom is 0.291 e. The smallest absolute Gasteiger partial charge is 0.291 e. The molecule has 2 rings (SSSR count). The molecular weight excluding hydrogens is 408 g/mol. The summed E-state index contributed by atoms with van der Waals surface area (Å²) in [6.07, 6.45) is 0. The Morgan fingerprint density at radius 2 is 2.00 bits per heavy atom. The lowest BCUT2D eigenvalue weighted by molar-refractivity contribution is 0.464. The van der Waals surface area contributed by atoms with Crippen LogP contribution in [0.15, 0.2) is 23.0 Å². The summed E-state index contributed by atoms with van der Waals surface area (Å²) in [7, 11) is 0. The van der Waals surface area contributed by atoms with E-state index in [9.17, 15) is 9.90 Å². The summed E-state index contributed by atoms with van der Waals surface area (Å²) in [5.74, 6) is -0.206. The first-order chi connectivity index (χ1) is 6.61. The predicted molar refractivity (Wildman–Crippen MR) is 71.7 cm³/mol. The minimum atomic E-state index is -0.441. The molecule has 2 aromatic rings. The fourth-order valence-corrected chi connectivity index (χ4v) is 3.36. The Bertz CT molecular complexity index is 562. The van der Waals surface area contributed by atoms with Crippen LogP contribution in [0.3, 0.4) is 0 Å². The van der Waals surface area contributed by atoms with Crippen LogP contribution in [0, 0.1) is 7.14 Å². The van der Waals surface area contributed by atoms with Gasteiger partial charge in [-0.3, -0.25) is 4.79 Å². The fourth-order valence-electron chi connectivity index (χ4n) is 1.25. The summed E-state index contributed by atoms with van der Waals surface area (Å²) in [5, 5.41) is 10.4. The van der Waals surface area contributed by atoms with Gasteiger partial charge in [0, 0.05) is 8.96 Å². The molecule has 72 valence electrons. The van der Waals surface area contributed by atoms with Gasteiger partial charge in [0.2, 0.25) is 0 Å². The summed E-state index contributed by atoms with van der Waals surface area (Å²) in [5.41, 5.74) is 0.313. The topological polar surface area (TPSA) is 53.1 Å². The number of halogens is 2. The Hall–Kier alpha value is -0.310. The zero-order valence-electron chi connectivity index (χ0n) is 6.84. The minimum Gasteiger partial charge on any atom is -0.502 e. The van der Waals surface area contributed by atoms with Gasteiger partial charge < -0.3 is 10.1 Å². The maximum atomic E-state index is 11.3. The first-order valence-electron chi connectivity index (χ1n) is 3.80. The molecule has 0 aliphatic carbocycles. The second-order valence-electron chi connectivity index (χ2n) is 2.78. The van der Waals surface area contributed by atoms with Gasteiger partial charge in [-0.1, -0.05) is 6.07 Å². The number of pyridine rings is 1. The van der Waals surface area contributed by atoms with Gasteiger partial charge in [0.15, 0.2) is 5.75 Å². The van der Waals surface area contributed by atoms with Crippen LogP contribution in [0.1, 0.15) is 0 Å². The highest BCUT2D eigenvalue weighted by atomic mass is 127. The van der Waals surface area contributed by atoms with E-state index >= 15 is 0 Å². The van der Waals surface area contributed by atoms with Gasteiger partial charge >= 0.3 is 0 Å². The highest BCUT2D eigenvalue weighted by Gasteiger charge is 2.10. The van der Waals surface area contributed by atoms with E-state index in [1.54, 1.807) is 0 Å². The summed E-state index contributed by atoms with van der Waals surface area (Å²) in [4.78, 5) is 13.9. The second kappa shape index (κ2) is 3.69. The van der Waals surface area contributed by atoms with E-state index in [-0.39, 0.29) is 5.75 Å². The molecule has 0 aliphatic heterocycles. The third-order valence-corrected chi connectivity index (χ3v) is 3.85. The number of aromatic amines is 1. The summed E-state index contributed by atoms with van der Waals surface area (Å²) >= 11 is 4.15. The van der Waals surface area contributed by atoms with Gasteiger partial charge in [0.1, 0.15) is 0 Å². The standard InChI is InChI=1S/C9H5I2NO2/c10-4-2-1-3-5-6(4)7(11)8(13)9(14)12-5/h1-3,13H,(H,12,14). The predicted octanol–water partition coefficient (Wildman–Crippen LogP) is 2.44. The second-order valence-corrected chi connectivity index (χ2v) is 5.02. The molecule has 0 unspecified atom stereocenters. The van der Waals surface area contributed by atoms with Crippen molar-refractivity contribution in [1.82, 2.24) is 4.98 Å². The van der Waals surface area contributed by atoms with E-state index in [2.05, 4.69) is 27.6 Å². The van der Waals surface area contributed by atoms with Crippen molar-refractivity contribution >= 4 is 56.1 Å². The van der Waals surface area contributed by atoms with Crippen LogP contribution in [0.5, 0.6) is 5.75 Å². The van der Waals surface area contributed by atoms with E-state index in [1.165, 1.54) is 0 Å². The Morgan fingerprint density at radius 1 is 1.29 bits per heavy atom. The summed E-state index contributed by atoms with van der Waals surface area (Å²) in [6.45, 7) is 0. The molecule has 14 heavy (non-hydrogen) atoms. The van der Waals surface area contributed by atoms with Crippen molar-refractivity contribution in [2.24, 2.45) is 0 Å². The van der Waals surface area contributed by atoms with Crippen molar-refractivity contribution in [3.63, 3.8) is 0 Å². The van der Waals surface area contributed by atoms with Gasteiger partial charge in [0.05, 0.1) is 9.09 Å². The van der Waals surface area contributed by atoms with Crippen molar-refractivity contribution in [1.29, 1.82) is 0 Å². The van der Waals surface area contributed by atoms with Crippen molar-refractivity contribution < 1.29 is 5.11 Å². The number of aromatic hydroxyl groups is 1. The molecule has 0 saturated carbocycles. The van der Waals surface area contributed by atoms with Gasteiger partial charge in [-0.05, 0) is 57.3 Å². The molecule has 0 spiro atoms. The number of nitrogens with one attached hydrogen (secondary N) is 1. The normalized spacial score (nSPS) is 10.7. The molecule has 0 aliphatic rings. The molecule has 0 amide bonds. The van der Waals surface area contributed by atoms with Crippen molar-refractivity contribution in [3.05, 3.63) is 35.7 Å². The van der Waals surface area contributed by atoms with Crippen LogP contribution in [-0.2, 0) is 0 Å². The fraction of sp³-hybridized carbons (Fsp3) is 0. The van der Waals surface area contributed by atoms with Crippen LogP contribution >= 0.6 is 45.2 Å². The zero-order valence-corrected chi connectivity index (χ0v) is 11.2. The molecule has 1 heterocycles. The first-order valence-corrected chi connectivity index (χ1v) is 5.96. The lowest BCUT2D eigenvalue weighted by atomic mass is 10.2. The van der Waals surface area contributed by atoms with Crippen molar-refractivity contribution in [3.8, 4) is 5.75 Å².